The van der Waals surface area contributed by atoms with Gasteiger partial charge in [-0.1, -0.05) is 373 Å². The fourth-order valence-electron chi connectivity index (χ4n) is 20.7. The van der Waals surface area contributed by atoms with Gasteiger partial charge in [0, 0.05) is 76.6 Å². The van der Waals surface area contributed by atoms with Crippen LogP contribution in [0.1, 0.15) is 44.9 Å². The van der Waals surface area contributed by atoms with Crippen LogP contribution < -0.4 is 47.5 Å². The van der Waals surface area contributed by atoms with Crippen LogP contribution in [0.3, 0.4) is 0 Å². The molecule has 0 amide bonds. The van der Waals surface area contributed by atoms with Gasteiger partial charge < -0.3 is 14.7 Å². The Hall–Kier alpha value is -13.8. The lowest BCUT2D eigenvalue weighted by molar-refractivity contribution is 0.789. The maximum atomic E-state index is 2.69. The van der Waals surface area contributed by atoms with Gasteiger partial charge in [0.1, 0.15) is 0 Å². The van der Waals surface area contributed by atoms with Gasteiger partial charge in [0.05, 0.1) is 11.1 Å². The third-order valence-electron chi connectivity index (χ3n) is 25.5. The van der Waals surface area contributed by atoms with Gasteiger partial charge in [0.2, 0.25) is 13.4 Å². The Kier molecular flexibility index (Phi) is 15.7. The number of benzene rings is 18. The molecule has 2 atom stereocenters. The summed E-state index contributed by atoms with van der Waals surface area (Å²) in [5, 5.41) is 0. The Morgan fingerprint density at radius 2 is 0.624 bits per heavy atom. The fourth-order valence-corrected chi connectivity index (χ4v) is 23.1. The second-order valence-corrected chi connectivity index (χ2v) is 33.7. The average Bonchev–Trinajstić information content (AvgIpc) is 1.46. The normalized spacial score (nSPS) is 14.8. The number of nitrogens with zero attached hydrogens (tertiary/aromatic N) is 3. The third kappa shape index (κ3) is 10.5. The largest absolute Gasteiger partial charge is 0.311 e. The van der Waals surface area contributed by atoms with Crippen molar-refractivity contribution in [1.29, 1.82) is 0 Å². The summed E-state index contributed by atoms with van der Waals surface area (Å²) in [4.78, 5) is 12.6. The Morgan fingerprint density at radius 1 is 0.222 bits per heavy atom. The van der Waals surface area contributed by atoms with Gasteiger partial charge >= 0.3 is 0 Å². The summed E-state index contributed by atoms with van der Waals surface area (Å²) in [6.07, 6.45) is 0. The van der Waals surface area contributed by atoms with Crippen LogP contribution in [0.4, 0.5) is 51.2 Å². The van der Waals surface area contributed by atoms with Crippen LogP contribution in [0.25, 0.3) is 66.8 Å². The van der Waals surface area contributed by atoms with E-state index in [0.29, 0.717) is 0 Å². The lowest BCUT2D eigenvalue weighted by atomic mass is 9.32. The molecule has 6 aliphatic rings. The first-order valence-corrected chi connectivity index (χ1v) is 42.2. The standard InChI is InChI=1S/C110H71B2N3S2/c1-9-33-71(34-10-1)75-57-59-88-96(61-75)111-98-67-89-85-51-27-30-54-92(85)110(94(89)69-103(98)116-105-65-81(113(77-41-17-5-18-42-77)78-43-19-6-20-44-78)63-91(108(105)111)107(88)87-53-26-25-49-83(87)73-37-13-3-14-38-73)93-55-31-28-52-86(93)90-68-99-104(70-95(90)110)117-106-66-82(114(79-45-21-7-22-46-79)80-47-23-8-24-48-80)64-102-109(106)112(99)97-62-76(72-35-11-2-12-36-72)58-60-101(97)115(102)100-56-32-29-50-84(100)74-39-15-4-16-40-74/h1-70,107H. The van der Waals surface area contributed by atoms with Crippen molar-refractivity contribution in [3.05, 3.63) is 464 Å². The van der Waals surface area contributed by atoms with Crippen molar-refractivity contribution in [2.45, 2.75) is 30.9 Å². The Morgan fingerprint density at radius 3 is 1.15 bits per heavy atom. The second kappa shape index (κ2) is 27.2. The van der Waals surface area contributed by atoms with Gasteiger partial charge in [0.25, 0.3) is 0 Å². The molecule has 4 heterocycles. The van der Waals surface area contributed by atoms with E-state index in [0.717, 1.165) is 39.8 Å². The predicted octanol–water partition coefficient (Wildman–Crippen LogP) is 24.9. The van der Waals surface area contributed by atoms with E-state index in [2.05, 4.69) is 439 Å². The quantitative estimate of drug-likeness (QED) is 0.112. The van der Waals surface area contributed by atoms with Crippen molar-refractivity contribution in [2.24, 2.45) is 0 Å². The highest BCUT2D eigenvalue weighted by Gasteiger charge is 2.55. The minimum atomic E-state index is -0.696. The van der Waals surface area contributed by atoms with E-state index in [9.17, 15) is 0 Å². The first-order valence-electron chi connectivity index (χ1n) is 40.6. The van der Waals surface area contributed by atoms with Crippen molar-refractivity contribution in [2.75, 3.05) is 14.7 Å². The zero-order valence-corrected chi connectivity index (χ0v) is 65.4. The smallest absolute Gasteiger partial charge is 0.249 e. The van der Waals surface area contributed by atoms with Crippen molar-refractivity contribution in [3.8, 4) is 66.8 Å². The second-order valence-electron chi connectivity index (χ2n) is 31.6. The van der Waals surface area contributed by atoms with E-state index in [-0.39, 0.29) is 19.3 Å². The average molecular weight is 1520 g/mol. The molecule has 1 spiro atoms. The van der Waals surface area contributed by atoms with E-state index < -0.39 is 5.41 Å². The topological polar surface area (TPSA) is 9.72 Å². The summed E-state index contributed by atoms with van der Waals surface area (Å²) in [7, 11) is 0. The summed E-state index contributed by atoms with van der Waals surface area (Å²) in [6.45, 7) is -0.261. The number of hydrogen-bond acceptors (Lipinski definition) is 5. The number of anilines is 9. The number of fused-ring (bicyclic) bond motifs is 18. The van der Waals surface area contributed by atoms with E-state index >= 15 is 0 Å². The van der Waals surface area contributed by atoms with Crippen LogP contribution in [-0.2, 0) is 5.41 Å². The Labute approximate surface area is 691 Å². The zero-order chi connectivity index (χ0) is 76.8. The van der Waals surface area contributed by atoms with Crippen LogP contribution in [0.5, 0.6) is 0 Å². The molecule has 7 heteroatoms. The van der Waals surface area contributed by atoms with Crippen LogP contribution in [0, 0.1) is 0 Å². The number of hydrogen-bond donors (Lipinski definition) is 0. The SMILES string of the molecule is c1ccc(-c2ccc3c(c2)B2c4cc5c(cc4Sc4cc(N(c6ccccc6)c6ccccc6)cc(c42)C3c2ccccc2-c2ccccc2)C2(c3ccccc3-5)c3ccccc3-c3cc4c(cc32)Sc2cc(N(c3ccccc3)c3ccccc3)cc3c2B4c2cc(-c4ccccc4)ccc2N3c2ccccc2-c2ccccc2)cc1. The molecule has 0 fully saturated rings. The molecule has 3 nitrogen and oxygen atoms in total. The van der Waals surface area contributed by atoms with Crippen LogP contribution in [0.2, 0.25) is 0 Å². The van der Waals surface area contributed by atoms with E-state index in [1.54, 1.807) is 0 Å². The van der Waals surface area contributed by atoms with Crippen molar-refractivity contribution in [3.63, 3.8) is 0 Å². The highest BCUT2D eigenvalue weighted by Crippen LogP contribution is 2.65. The van der Waals surface area contributed by atoms with Crippen molar-refractivity contribution < 1.29 is 0 Å². The first kappa shape index (κ1) is 67.7. The summed E-state index contributed by atoms with van der Waals surface area (Å²) in [5.74, 6) is -0.115. The minimum absolute atomic E-state index is 0.111. The molecule has 0 N–H and O–H groups in total. The fraction of sp³-hybridized carbons (Fsp3) is 0.0182. The summed E-state index contributed by atoms with van der Waals surface area (Å²) < 4.78 is 0. The minimum Gasteiger partial charge on any atom is -0.311 e. The summed E-state index contributed by atoms with van der Waals surface area (Å²) in [5.41, 5.74) is 41.4. The van der Waals surface area contributed by atoms with Gasteiger partial charge in [-0.3, -0.25) is 0 Å². The van der Waals surface area contributed by atoms with Crippen molar-refractivity contribution in [1.82, 2.24) is 0 Å². The van der Waals surface area contributed by atoms with Gasteiger partial charge in [-0.2, -0.15) is 0 Å². The van der Waals surface area contributed by atoms with Crippen LogP contribution in [-0.4, -0.2) is 13.4 Å². The first-order chi connectivity index (χ1) is 58.1. The van der Waals surface area contributed by atoms with E-state index in [1.807, 2.05) is 23.5 Å². The number of rotatable bonds is 12. The van der Waals surface area contributed by atoms with Crippen molar-refractivity contribution >= 4 is 121 Å². The monoisotopic (exact) mass is 1520 g/mol. The molecule has 2 aliphatic carbocycles. The van der Waals surface area contributed by atoms with Gasteiger partial charge in [0.15, 0.2) is 0 Å². The lowest BCUT2D eigenvalue weighted by Gasteiger charge is -2.42. The zero-order valence-electron chi connectivity index (χ0n) is 63.8. The Bertz CT molecular complexity index is 6530. The van der Waals surface area contributed by atoms with E-state index in [1.165, 1.54) is 169 Å². The molecular weight excluding hydrogens is 1450 g/mol. The maximum absolute atomic E-state index is 2.69. The molecule has 18 aromatic rings. The molecule has 117 heavy (non-hydrogen) atoms. The molecule has 2 unspecified atom stereocenters. The number of para-hydroxylation sites is 5. The maximum Gasteiger partial charge on any atom is 0.249 e. The molecule has 0 bridgehead atoms. The van der Waals surface area contributed by atoms with Gasteiger partial charge in [-0.25, -0.2) is 0 Å². The molecule has 4 aliphatic heterocycles. The molecule has 0 saturated carbocycles. The van der Waals surface area contributed by atoms with Gasteiger partial charge in [-0.15, -0.1) is 0 Å². The molecule has 0 aromatic heterocycles. The summed E-state index contributed by atoms with van der Waals surface area (Å²) in [6, 6.07) is 161. The third-order valence-corrected chi connectivity index (χ3v) is 27.7. The lowest BCUT2D eigenvalue weighted by Crippen LogP contribution is -2.60. The highest BCUT2D eigenvalue weighted by molar-refractivity contribution is 8.00. The Balaban J connectivity index is 0.753. The molecule has 544 valence electrons. The van der Waals surface area contributed by atoms with E-state index in [4.69, 9.17) is 0 Å². The predicted molar refractivity (Wildman–Crippen MR) is 493 cm³/mol. The van der Waals surface area contributed by atoms with Crippen LogP contribution in [0.15, 0.2) is 444 Å². The van der Waals surface area contributed by atoms with Crippen LogP contribution >= 0.6 is 23.5 Å². The molecule has 0 radical (unpaired) electrons. The highest BCUT2D eigenvalue weighted by atomic mass is 32.2. The molecule has 0 saturated heterocycles. The molecule has 24 rings (SSSR count). The summed E-state index contributed by atoms with van der Waals surface area (Å²) >= 11 is 3.92. The molecular formula is C110H71B2N3S2. The van der Waals surface area contributed by atoms with Gasteiger partial charge in [-0.05, 0) is 208 Å². The molecule has 18 aromatic carbocycles.